The summed E-state index contributed by atoms with van der Waals surface area (Å²) in [5, 5.41) is 9.04. The van der Waals surface area contributed by atoms with Crippen molar-refractivity contribution in [2.75, 3.05) is 24.6 Å². The Bertz CT molecular complexity index is 350. The average Bonchev–Trinajstić information content (AvgIpc) is 2.29. The molecule has 0 radical (unpaired) electrons. The molecule has 94 valence electrons. The van der Waals surface area contributed by atoms with Crippen LogP contribution in [0.2, 0.25) is 0 Å². The molecule has 3 nitrogen and oxygen atoms in total. The van der Waals surface area contributed by atoms with Crippen LogP contribution in [0.15, 0.2) is 24.3 Å². The van der Waals surface area contributed by atoms with Gasteiger partial charge in [0.15, 0.2) is 0 Å². The first-order valence-corrected chi connectivity index (χ1v) is 6.37. The molecule has 2 rings (SSSR count). The number of anilines is 1. The van der Waals surface area contributed by atoms with Crippen molar-refractivity contribution in [2.45, 2.75) is 25.8 Å². The molecule has 1 heterocycles. The van der Waals surface area contributed by atoms with Crippen LogP contribution in [0.4, 0.5) is 5.69 Å². The molecule has 0 amide bonds. The fourth-order valence-electron chi connectivity index (χ4n) is 2.60. The average molecular weight is 234 g/mol. The van der Waals surface area contributed by atoms with E-state index < -0.39 is 0 Å². The zero-order chi connectivity index (χ0) is 12.3. The highest BCUT2D eigenvalue weighted by Crippen LogP contribution is 2.24. The Balaban J connectivity index is 2.06. The number of aliphatic hydroxyl groups is 1. The van der Waals surface area contributed by atoms with E-state index in [1.807, 2.05) is 0 Å². The molecule has 0 aromatic heterocycles. The van der Waals surface area contributed by atoms with E-state index in [0.717, 1.165) is 25.9 Å². The molecule has 2 unspecified atom stereocenters. The molecule has 1 aliphatic heterocycles. The van der Waals surface area contributed by atoms with Gasteiger partial charge in [0.2, 0.25) is 0 Å². The number of benzene rings is 1. The first kappa shape index (κ1) is 12.4. The number of nitrogens with zero attached hydrogens (tertiary/aromatic N) is 1. The maximum Gasteiger partial charge on any atom is 0.0434 e. The zero-order valence-electron chi connectivity index (χ0n) is 10.5. The van der Waals surface area contributed by atoms with Gasteiger partial charge < -0.3 is 15.7 Å². The van der Waals surface area contributed by atoms with E-state index in [1.54, 1.807) is 0 Å². The first-order valence-electron chi connectivity index (χ1n) is 6.37. The van der Waals surface area contributed by atoms with Crippen molar-refractivity contribution in [1.29, 1.82) is 0 Å². The van der Waals surface area contributed by atoms with E-state index in [0.29, 0.717) is 5.92 Å². The summed E-state index contributed by atoms with van der Waals surface area (Å²) >= 11 is 0. The van der Waals surface area contributed by atoms with Crippen molar-refractivity contribution in [3.8, 4) is 0 Å². The standard InChI is InChI=1S/C14H22N2O/c1-11-2-4-14(5-3-11)16-9-12(6-7-17)8-13(15)10-16/h2-5,12-13,17H,6-10,15H2,1H3. The second-order valence-corrected chi connectivity index (χ2v) is 5.11. The minimum atomic E-state index is 0.224. The van der Waals surface area contributed by atoms with Gasteiger partial charge in [0.05, 0.1) is 0 Å². The minimum Gasteiger partial charge on any atom is -0.396 e. The summed E-state index contributed by atoms with van der Waals surface area (Å²) in [6.07, 6.45) is 1.89. The van der Waals surface area contributed by atoms with E-state index in [2.05, 4.69) is 36.1 Å². The molecule has 0 aliphatic carbocycles. The number of hydrogen-bond acceptors (Lipinski definition) is 3. The van der Waals surface area contributed by atoms with Crippen molar-refractivity contribution in [1.82, 2.24) is 0 Å². The summed E-state index contributed by atoms with van der Waals surface area (Å²) in [6, 6.07) is 8.81. The molecule has 1 saturated heterocycles. The molecular formula is C14H22N2O. The van der Waals surface area contributed by atoms with Crippen molar-refractivity contribution < 1.29 is 5.11 Å². The molecule has 1 aromatic rings. The fraction of sp³-hybridized carbons (Fsp3) is 0.571. The molecule has 1 fully saturated rings. The lowest BCUT2D eigenvalue weighted by molar-refractivity contribution is 0.238. The molecule has 1 aliphatic rings. The summed E-state index contributed by atoms with van der Waals surface area (Å²) < 4.78 is 0. The van der Waals surface area contributed by atoms with Gasteiger partial charge in [0.1, 0.15) is 0 Å². The van der Waals surface area contributed by atoms with E-state index in [-0.39, 0.29) is 12.6 Å². The van der Waals surface area contributed by atoms with Gasteiger partial charge in [-0.3, -0.25) is 0 Å². The fourth-order valence-corrected chi connectivity index (χ4v) is 2.60. The SMILES string of the molecule is Cc1ccc(N2CC(N)CC(CCO)C2)cc1. The summed E-state index contributed by atoms with van der Waals surface area (Å²) in [5.41, 5.74) is 8.61. The molecule has 0 saturated carbocycles. The van der Waals surface area contributed by atoms with Crippen LogP contribution in [-0.2, 0) is 0 Å². The molecular weight excluding hydrogens is 212 g/mol. The maximum absolute atomic E-state index is 9.04. The monoisotopic (exact) mass is 234 g/mol. The second-order valence-electron chi connectivity index (χ2n) is 5.11. The van der Waals surface area contributed by atoms with Gasteiger partial charge in [-0.25, -0.2) is 0 Å². The highest BCUT2D eigenvalue weighted by Gasteiger charge is 2.24. The Morgan fingerprint density at radius 2 is 2.00 bits per heavy atom. The molecule has 17 heavy (non-hydrogen) atoms. The van der Waals surface area contributed by atoms with E-state index in [1.165, 1.54) is 11.3 Å². The number of hydrogen-bond donors (Lipinski definition) is 2. The van der Waals surface area contributed by atoms with Crippen molar-refractivity contribution in [2.24, 2.45) is 11.7 Å². The van der Waals surface area contributed by atoms with Gasteiger partial charge in [0.25, 0.3) is 0 Å². The molecule has 1 aromatic carbocycles. The third-order valence-electron chi connectivity index (χ3n) is 3.51. The highest BCUT2D eigenvalue weighted by atomic mass is 16.3. The molecule has 3 N–H and O–H groups in total. The smallest absolute Gasteiger partial charge is 0.0434 e. The Morgan fingerprint density at radius 3 is 2.65 bits per heavy atom. The van der Waals surface area contributed by atoms with E-state index >= 15 is 0 Å². The second kappa shape index (κ2) is 5.52. The third kappa shape index (κ3) is 3.20. The maximum atomic E-state index is 9.04. The minimum absolute atomic E-state index is 0.224. The summed E-state index contributed by atoms with van der Waals surface area (Å²) in [7, 11) is 0. The summed E-state index contributed by atoms with van der Waals surface area (Å²) in [5.74, 6) is 0.519. The molecule has 0 bridgehead atoms. The normalized spacial score (nSPS) is 25.0. The third-order valence-corrected chi connectivity index (χ3v) is 3.51. The van der Waals surface area contributed by atoms with Crippen LogP contribution in [0.25, 0.3) is 0 Å². The summed E-state index contributed by atoms with van der Waals surface area (Å²) in [4.78, 5) is 2.34. The largest absolute Gasteiger partial charge is 0.396 e. The Kier molecular flexibility index (Phi) is 4.02. The van der Waals surface area contributed by atoms with Gasteiger partial charge in [-0.1, -0.05) is 17.7 Å². The molecule has 2 atom stereocenters. The number of aryl methyl sites for hydroxylation is 1. The topological polar surface area (TPSA) is 49.5 Å². The van der Waals surface area contributed by atoms with Crippen molar-refractivity contribution >= 4 is 5.69 Å². The molecule has 3 heteroatoms. The van der Waals surface area contributed by atoms with Gasteiger partial charge >= 0.3 is 0 Å². The van der Waals surface area contributed by atoms with Crippen LogP contribution in [0.1, 0.15) is 18.4 Å². The van der Waals surface area contributed by atoms with E-state index in [9.17, 15) is 0 Å². The first-order chi connectivity index (χ1) is 8.19. The van der Waals surface area contributed by atoms with Crippen LogP contribution in [0.5, 0.6) is 0 Å². The quantitative estimate of drug-likeness (QED) is 0.834. The lowest BCUT2D eigenvalue weighted by Crippen LogP contribution is -2.47. The molecule has 0 spiro atoms. The highest BCUT2D eigenvalue weighted by molar-refractivity contribution is 5.48. The van der Waals surface area contributed by atoms with Crippen LogP contribution >= 0.6 is 0 Å². The van der Waals surface area contributed by atoms with E-state index in [4.69, 9.17) is 10.8 Å². The van der Waals surface area contributed by atoms with Crippen LogP contribution in [-0.4, -0.2) is 30.8 Å². The lowest BCUT2D eigenvalue weighted by atomic mass is 9.92. The van der Waals surface area contributed by atoms with Gasteiger partial charge in [0, 0.05) is 31.4 Å². The Morgan fingerprint density at radius 1 is 1.29 bits per heavy atom. The van der Waals surface area contributed by atoms with Gasteiger partial charge in [-0.15, -0.1) is 0 Å². The number of nitrogens with two attached hydrogens (primary N) is 1. The van der Waals surface area contributed by atoms with Crippen LogP contribution in [0, 0.1) is 12.8 Å². The number of piperidine rings is 1. The van der Waals surface area contributed by atoms with Crippen molar-refractivity contribution in [3.05, 3.63) is 29.8 Å². The van der Waals surface area contributed by atoms with Crippen LogP contribution in [0.3, 0.4) is 0 Å². The van der Waals surface area contributed by atoms with Gasteiger partial charge in [-0.2, -0.15) is 0 Å². The van der Waals surface area contributed by atoms with Gasteiger partial charge in [-0.05, 0) is 37.8 Å². The Labute approximate surface area is 103 Å². The lowest BCUT2D eigenvalue weighted by Gasteiger charge is -2.37. The van der Waals surface area contributed by atoms with Crippen molar-refractivity contribution in [3.63, 3.8) is 0 Å². The number of aliphatic hydroxyl groups excluding tert-OH is 1. The Hall–Kier alpha value is -1.06. The predicted octanol–water partition coefficient (Wildman–Crippen LogP) is 1.53. The zero-order valence-corrected chi connectivity index (χ0v) is 10.5. The predicted molar refractivity (Wildman–Crippen MR) is 71.2 cm³/mol. The summed E-state index contributed by atoms with van der Waals surface area (Å²) in [6.45, 7) is 4.29. The number of rotatable bonds is 3. The van der Waals surface area contributed by atoms with Crippen LogP contribution < -0.4 is 10.6 Å².